The molecule has 100 valence electrons. The first-order valence-electron chi connectivity index (χ1n) is 7.07. The van der Waals surface area contributed by atoms with Gasteiger partial charge in [0.2, 0.25) is 0 Å². The molecule has 2 heteroatoms. The summed E-state index contributed by atoms with van der Waals surface area (Å²) < 4.78 is 2.34. The summed E-state index contributed by atoms with van der Waals surface area (Å²) in [6.07, 6.45) is 10.6. The van der Waals surface area contributed by atoms with Crippen LogP contribution in [0.1, 0.15) is 25.3 Å². The Labute approximate surface area is 115 Å². The molecule has 0 saturated carbocycles. The fourth-order valence-electron chi connectivity index (χ4n) is 2.46. The van der Waals surface area contributed by atoms with Crippen LogP contribution in [0.3, 0.4) is 0 Å². The zero-order chi connectivity index (χ0) is 13.5. The van der Waals surface area contributed by atoms with Crippen molar-refractivity contribution in [3.63, 3.8) is 0 Å². The molecule has 0 atom stereocenters. The number of nitrogens with zero attached hydrogens (tertiary/aromatic N) is 1. The Morgan fingerprint density at radius 2 is 2.16 bits per heavy atom. The van der Waals surface area contributed by atoms with Gasteiger partial charge in [-0.25, -0.2) is 0 Å². The van der Waals surface area contributed by atoms with Crippen LogP contribution in [0.5, 0.6) is 0 Å². The van der Waals surface area contributed by atoms with Crippen LogP contribution in [0.2, 0.25) is 0 Å². The molecule has 0 saturated heterocycles. The molecule has 0 fully saturated rings. The monoisotopic (exact) mass is 254 g/mol. The van der Waals surface area contributed by atoms with Crippen molar-refractivity contribution in [3.8, 4) is 12.3 Å². The van der Waals surface area contributed by atoms with Crippen molar-refractivity contribution < 1.29 is 0 Å². The number of hydrogen-bond donors (Lipinski definition) is 1. The van der Waals surface area contributed by atoms with E-state index in [2.05, 4.69) is 53.2 Å². The van der Waals surface area contributed by atoms with Gasteiger partial charge in [-0.3, -0.25) is 0 Å². The lowest BCUT2D eigenvalue weighted by Crippen LogP contribution is -2.15. The molecule has 0 aliphatic heterocycles. The number of para-hydroxylation sites is 1. The Balaban J connectivity index is 2.19. The molecule has 0 radical (unpaired) electrons. The van der Waals surface area contributed by atoms with Gasteiger partial charge in [0.15, 0.2) is 0 Å². The zero-order valence-electron chi connectivity index (χ0n) is 11.7. The largest absolute Gasteiger partial charge is 0.347 e. The Bertz CT molecular complexity index is 560. The van der Waals surface area contributed by atoms with E-state index in [0.29, 0.717) is 0 Å². The third-order valence-electron chi connectivity index (χ3n) is 3.41. The molecule has 0 spiro atoms. The van der Waals surface area contributed by atoms with Crippen LogP contribution in [0.4, 0.5) is 0 Å². The van der Waals surface area contributed by atoms with Gasteiger partial charge >= 0.3 is 0 Å². The zero-order valence-corrected chi connectivity index (χ0v) is 11.7. The van der Waals surface area contributed by atoms with Gasteiger partial charge in [-0.1, -0.05) is 25.1 Å². The topological polar surface area (TPSA) is 17.0 Å². The molecule has 0 amide bonds. The number of benzene rings is 1. The van der Waals surface area contributed by atoms with E-state index in [0.717, 1.165) is 38.9 Å². The van der Waals surface area contributed by atoms with Crippen molar-refractivity contribution in [3.05, 3.63) is 36.0 Å². The van der Waals surface area contributed by atoms with Crippen LogP contribution in [-0.4, -0.2) is 17.7 Å². The second-order valence-corrected chi connectivity index (χ2v) is 4.78. The Kier molecular flexibility index (Phi) is 5.06. The smallest absolute Gasteiger partial charge is 0.0483 e. The second-order valence-electron chi connectivity index (χ2n) is 4.78. The van der Waals surface area contributed by atoms with Crippen LogP contribution in [0, 0.1) is 12.3 Å². The van der Waals surface area contributed by atoms with Gasteiger partial charge < -0.3 is 9.88 Å². The van der Waals surface area contributed by atoms with E-state index in [-0.39, 0.29) is 0 Å². The molecule has 1 aromatic carbocycles. The molecule has 2 aromatic rings. The summed E-state index contributed by atoms with van der Waals surface area (Å²) >= 11 is 0. The maximum absolute atomic E-state index is 5.32. The average Bonchev–Trinajstić information content (AvgIpc) is 2.79. The molecule has 2 rings (SSSR count). The van der Waals surface area contributed by atoms with E-state index < -0.39 is 0 Å². The fraction of sp³-hybridized carbons (Fsp3) is 0.412. The molecule has 19 heavy (non-hydrogen) atoms. The number of fused-ring (bicyclic) bond motifs is 1. The van der Waals surface area contributed by atoms with E-state index in [1.807, 2.05) is 0 Å². The summed E-state index contributed by atoms with van der Waals surface area (Å²) in [5, 5.41) is 4.76. The van der Waals surface area contributed by atoms with Crippen molar-refractivity contribution in [2.75, 3.05) is 13.1 Å². The van der Waals surface area contributed by atoms with Crippen molar-refractivity contribution >= 4 is 10.9 Å². The Morgan fingerprint density at radius 1 is 1.32 bits per heavy atom. The van der Waals surface area contributed by atoms with Crippen LogP contribution >= 0.6 is 0 Å². The molecule has 1 heterocycles. The lowest BCUT2D eigenvalue weighted by molar-refractivity contribution is 0.670. The maximum Gasteiger partial charge on any atom is 0.0483 e. The molecule has 0 bridgehead atoms. The SMILES string of the molecule is C#CCCCn1cc(CCNCC)c2ccccc21. The number of terminal acetylenes is 1. The second kappa shape index (κ2) is 7.01. The first kappa shape index (κ1) is 13.7. The van der Waals surface area contributed by atoms with E-state index in [1.165, 1.54) is 16.5 Å². The molecule has 1 aromatic heterocycles. The van der Waals surface area contributed by atoms with Gasteiger partial charge in [0.25, 0.3) is 0 Å². The van der Waals surface area contributed by atoms with Crippen LogP contribution in [-0.2, 0) is 13.0 Å². The van der Waals surface area contributed by atoms with Gasteiger partial charge in [0, 0.05) is 30.1 Å². The van der Waals surface area contributed by atoms with Gasteiger partial charge in [0.1, 0.15) is 0 Å². The summed E-state index contributed by atoms with van der Waals surface area (Å²) in [5.74, 6) is 2.71. The van der Waals surface area contributed by atoms with Gasteiger partial charge in [-0.15, -0.1) is 12.3 Å². The third-order valence-corrected chi connectivity index (χ3v) is 3.41. The molecular formula is C17H22N2. The van der Waals surface area contributed by atoms with Crippen LogP contribution < -0.4 is 5.32 Å². The van der Waals surface area contributed by atoms with Crippen molar-refractivity contribution in [1.29, 1.82) is 0 Å². The van der Waals surface area contributed by atoms with Crippen molar-refractivity contribution in [2.24, 2.45) is 0 Å². The minimum Gasteiger partial charge on any atom is -0.347 e. The molecule has 0 unspecified atom stereocenters. The molecule has 2 nitrogen and oxygen atoms in total. The van der Waals surface area contributed by atoms with Crippen LogP contribution in [0.15, 0.2) is 30.5 Å². The van der Waals surface area contributed by atoms with Crippen LogP contribution in [0.25, 0.3) is 10.9 Å². The fourth-order valence-corrected chi connectivity index (χ4v) is 2.46. The number of rotatable bonds is 7. The van der Waals surface area contributed by atoms with Gasteiger partial charge in [-0.2, -0.15) is 0 Å². The quantitative estimate of drug-likeness (QED) is 0.593. The predicted octanol–water partition coefficient (Wildman–Crippen LogP) is 3.21. The number of likely N-dealkylation sites (N-methyl/N-ethyl adjacent to an activating group) is 1. The number of aromatic nitrogens is 1. The molecule has 0 aliphatic rings. The van der Waals surface area contributed by atoms with Crippen molar-refractivity contribution in [1.82, 2.24) is 9.88 Å². The van der Waals surface area contributed by atoms with E-state index in [1.54, 1.807) is 0 Å². The summed E-state index contributed by atoms with van der Waals surface area (Å²) in [6, 6.07) is 8.63. The Hall–Kier alpha value is -1.72. The first-order chi connectivity index (χ1) is 9.36. The summed E-state index contributed by atoms with van der Waals surface area (Å²) in [4.78, 5) is 0. The minimum atomic E-state index is 0.846. The number of unbranched alkanes of at least 4 members (excludes halogenated alkanes) is 1. The normalized spacial score (nSPS) is 10.7. The third kappa shape index (κ3) is 3.39. The number of aryl methyl sites for hydroxylation is 1. The summed E-state index contributed by atoms with van der Waals surface area (Å²) in [7, 11) is 0. The van der Waals surface area contributed by atoms with Crippen molar-refractivity contribution in [2.45, 2.75) is 32.7 Å². The maximum atomic E-state index is 5.32. The molecule has 0 aliphatic carbocycles. The molecular weight excluding hydrogens is 232 g/mol. The molecule has 1 N–H and O–H groups in total. The minimum absolute atomic E-state index is 0.846. The highest BCUT2D eigenvalue weighted by atomic mass is 15.0. The predicted molar refractivity (Wildman–Crippen MR) is 82.3 cm³/mol. The summed E-state index contributed by atoms with van der Waals surface area (Å²) in [6.45, 7) is 5.21. The highest BCUT2D eigenvalue weighted by Crippen LogP contribution is 2.22. The lowest BCUT2D eigenvalue weighted by Gasteiger charge is -2.02. The van der Waals surface area contributed by atoms with E-state index >= 15 is 0 Å². The number of nitrogens with one attached hydrogen (secondary N) is 1. The summed E-state index contributed by atoms with van der Waals surface area (Å²) in [5.41, 5.74) is 2.75. The first-order valence-corrected chi connectivity index (χ1v) is 7.07. The van der Waals surface area contributed by atoms with E-state index in [9.17, 15) is 0 Å². The highest BCUT2D eigenvalue weighted by Gasteiger charge is 2.07. The standard InChI is InChI=1S/C17H22N2/c1-3-5-8-13-19-14-15(11-12-18-4-2)16-9-6-7-10-17(16)19/h1,6-7,9-10,14,18H,4-5,8,11-13H2,2H3. The lowest BCUT2D eigenvalue weighted by atomic mass is 10.1. The highest BCUT2D eigenvalue weighted by molar-refractivity contribution is 5.84. The Morgan fingerprint density at radius 3 is 2.95 bits per heavy atom. The number of hydrogen-bond acceptors (Lipinski definition) is 1. The van der Waals surface area contributed by atoms with Gasteiger partial charge in [0.05, 0.1) is 0 Å². The van der Waals surface area contributed by atoms with E-state index in [4.69, 9.17) is 6.42 Å². The van der Waals surface area contributed by atoms with Gasteiger partial charge in [-0.05, 0) is 37.6 Å². The average molecular weight is 254 g/mol.